The number of aliphatic hydroxyl groups is 1. The smallest absolute Gasteiger partial charge is 0.181 e. The van der Waals surface area contributed by atoms with Crippen molar-refractivity contribution in [3.8, 4) is 5.75 Å². The zero-order chi connectivity index (χ0) is 12.3. The number of hydrogen-bond donors (Lipinski definition) is 2. The standard InChI is InChI=1S/C10H15NO4S/c1-7-9(16(13,14)6-5-12)4-3-8(11)10(7)15-2/h3-4,12H,5-6,11H2,1-2H3. The average molecular weight is 245 g/mol. The highest BCUT2D eigenvalue weighted by Gasteiger charge is 2.19. The molecule has 0 spiro atoms. The fraction of sp³-hybridized carbons (Fsp3) is 0.400. The van der Waals surface area contributed by atoms with Crippen molar-refractivity contribution in [3.63, 3.8) is 0 Å². The molecule has 5 nitrogen and oxygen atoms in total. The Bertz CT molecular complexity index is 482. The van der Waals surface area contributed by atoms with Gasteiger partial charge in [-0.1, -0.05) is 0 Å². The Morgan fingerprint density at radius 2 is 2.06 bits per heavy atom. The van der Waals surface area contributed by atoms with Crippen LogP contribution in [0.4, 0.5) is 5.69 Å². The monoisotopic (exact) mass is 245 g/mol. The molecule has 0 amide bonds. The summed E-state index contributed by atoms with van der Waals surface area (Å²) < 4.78 is 28.6. The van der Waals surface area contributed by atoms with E-state index in [1.54, 1.807) is 6.92 Å². The maximum atomic E-state index is 11.8. The van der Waals surface area contributed by atoms with Crippen LogP contribution < -0.4 is 10.5 Å². The van der Waals surface area contributed by atoms with Crippen LogP contribution in [-0.2, 0) is 9.84 Å². The highest BCUT2D eigenvalue weighted by molar-refractivity contribution is 7.91. The number of nitrogens with two attached hydrogens (primary N) is 1. The van der Waals surface area contributed by atoms with Gasteiger partial charge in [0.05, 0.1) is 30.1 Å². The van der Waals surface area contributed by atoms with Gasteiger partial charge in [0, 0.05) is 5.56 Å². The third-order valence-corrected chi connectivity index (χ3v) is 4.12. The quantitative estimate of drug-likeness (QED) is 0.747. The molecule has 0 heterocycles. The van der Waals surface area contributed by atoms with Crippen molar-refractivity contribution in [1.82, 2.24) is 0 Å². The van der Waals surface area contributed by atoms with Gasteiger partial charge in [-0.25, -0.2) is 8.42 Å². The number of rotatable bonds is 4. The molecule has 0 atom stereocenters. The summed E-state index contributed by atoms with van der Waals surface area (Å²) in [4.78, 5) is 0.146. The summed E-state index contributed by atoms with van der Waals surface area (Å²) in [7, 11) is -2.04. The summed E-state index contributed by atoms with van der Waals surface area (Å²) >= 11 is 0. The van der Waals surface area contributed by atoms with Crippen LogP contribution in [0.1, 0.15) is 5.56 Å². The van der Waals surface area contributed by atoms with Crippen molar-refractivity contribution >= 4 is 15.5 Å². The first-order valence-corrected chi connectivity index (χ1v) is 6.36. The van der Waals surface area contributed by atoms with Crippen LogP contribution in [0.25, 0.3) is 0 Å². The van der Waals surface area contributed by atoms with Gasteiger partial charge in [-0.3, -0.25) is 0 Å². The first-order valence-electron chi connectivity index (χ1n) is 4.70. The Morgan fingerprint density at radius 3 is 2.56 bits per heavy atom. The van der Waals surface area contributed by atoms with Gasteiger partial charge >= 0.3 is 0 Å². The zero-order valence-corrected chi connectivity index (χ0v) is 10.0. The third kappa shape index (κ3) is 2.28. The number of hydrogen-bond acceptors (Lipinski definition) is 5. The molecule has 1 aromatic carbocycles. The van der Waals surface area contributed by atoms with E-state index in [4.69, 9.17) is 15.6 Å². The lowest BCUT2D eigenvalue weighted by Gasteiger charge is -2.12. The molecule has 0 aliphatic carbocycles. The number of methoxy groups -OCH3 is 1. The van der Waals surface area contributed by atoms with Gasteiger partial charge in [-0.2, -0.15) is 0 Å². The molecule has 16 heavy (non-hydrogen) atoms. The molecule has 3 N–H and O–H groups in total. The Morgan fingerprint density at radius 1 is 1.44 bits per heavy atom. The fourth-order valence-corrected chi connectivity index (χ4v) is 2.83. The van der Waals surface area contributed by atoms with Gasteiger partial charge in [0.25, 0.3) is 0 Å². The molecule has 0 unspecified atom stereocenters. The van der Waals surface area contributed by atoms with Gasteiger partial charge in [0.15, 0.2) is 9.84 Å². The zero-order valence-electron chi connectivity index (χ0n) is 9.23. The summed E-state index contributed by atoms with van der Waals surface area (Å²) in [5, 5.41) is 8.70. The van der Waals surface area contributed by atoms with Crippen LogP contribution >= 0.6 is 0 Å². The minimum Gasteiger partial charge on any atom is -0.494 e. The van der Waals surface area contributed by atoms with E-state index in [0.29, 0.717) is 17.0 Å². The van der Waals surface area contributed by atoms with Crippen LogP contribution in [0.2, 0.25) is 0 Å². The predicted octanol–water partition coefficient (Wildman–Crippen LogP) is 0.352. The van der Waals surface area contributed by atoms with E-state index < -0.39 is 16.4 Å². The Kier molecular flexibility index (Phi) is 3.77. The largest absolute Gasteiger partial charge is 0.494 e. The molecule has 0 bridgehead atoms. The van der Waals surface area contributed by atoms with E-state index in [1.807, 2.05) is 0 Å². The molecule has 0 aliphatic rings. The lowest BCUT2D eigenvalue weighted by Crippen LogP contribution is -2.12. The van der Waals surface area contributed by atoms with Crippen molar-refractivity contribution in [2.75, 3.05) is 25.2 Å². The van der Waals surface area contributed by atoms with E-state index in [1.165, 1.54) is 19.2 Å². The molecular formula is C10H15NO4S. The van der Waals surface area contributed by atoms with Gasteiger partial charge in [0.2, 0.25) is 0 Å². The van der Waals surface area contributed by atoms with E-state index in [9.17, 15) is 8.42 Å². The number of aliphatic hydroxyl groups excluding tert-OH is 1. The van der Waals surface area contributed by atoms with Crippen LogP contribution in [0, 0.1) is 6.92 Å². The van der Waals surface area contributed by atoms with E-state index in [0.717, 1.165) is 0 Å². The molecule has 0 fully saturated rings. The van der Waals surface area contributed by atoms with Gasteiger partial charge in [-0.15, -0.1) is 0 Å². The highest BCUT2D eigenvalue weighted by atomic mass is 32.2. The Labute approximate surface area is 94.8 Å². The fourth-order valence-electron chi connectivity index (χ4n) is 1.53. The number of ether oxygens (including phenoxy) is 1. The summed E-state index contributed by atoms with van der Waals surface area (Å²) in [6, 6.07) is 2.91. The van der Waals surface area contributed by atoms with Crippen LogP contribution in [0.15, 0.2) is 17.0 Å². The van der Waals surface area contributed by atoms with Crippen molar-refractivity contribution in [2.45, 2.75) is 11.8 Å². The minimum absolute atomic E-state index is 0.146. The van der Waals surface area contributed by atoms with Crippen molar-refractivity contribution in [3.05, 3.63) is 17.7 Å². The maximum absolute atomic E-state index is 11.8. The Hall–Kier alpha value is -1.27. The van der Waals surface area contributed by atoms with Gasteiger partial charge < -0.3 is 15.6 Å². The molecule has 1 rings (SSSR count). The molecule has 6 heteroatoms. The van der Waals surface area contributed by atoms with Crippen molar-refractivity contribution in [2.24, 2.45) is 0 Å². The first kappa shape index (κ1) is 12.8. The molecule has 0 aliphatic heterocycles. The van der Waals surface area contributed by atoms with Crippen LogP contribution in [-0.4, -0.2) is 33.0 Å². The first-order chi connectivity index (χ1) is 7.44. The summed E-state index contributed by atoms with van der Waals surface area (Å²) in [5.74, 6) is 0.0555. The summed E-state index contributed by atoms with van der Waals surface area (Å²) in [6.07, 6.45) is 0. The third-order valence-electron chi connectivity index (χ3n) is 2.29. The van der Waals surface area contributed by atoms with Gasteiger partial charge in [0.1, 0.15) is 5.75 Å². The lowest BCUT2D eigenvalue weighted by atomic mass is 10.2. The normalized spacial score (nSPS) is 11.4. The SMILES string of the molecule is COc1c(N)ccc(S(=O)(=O)CCO)c1C. The topological polar surface area (TPSA) is 89.6 Å². The molecule has 0 aromatic heterocycles. The average Bonchev–Trinajstić information content (AvgIpc) is 2.17. The highest BCUT2D eigenvalue weighted by Crippen LogP contribution is 2.31. The minimum atomic E-state index is -3.48. The second-order valence-corrected chi connectivity index (χ2v) is 5.43. The second kappa shape index (κ2) is 4.71. The van der Waals surface area contributed by atoms with E-state index in [-0.39, 0.29) is 10.6 Å². The van der Waals surface area contributed by atoms with E-state index >= 15 is 0 Å². The Balaban J connectivity index is 3.37. The number of benzene rings is 1. The molecule has 0 radical (unpaired) electrons. The number of anilines is 1. The molecule has 90 valence electrons. The summed E-state index contributed by atoms with van der Waals surface area (Å²) in [5.41, 5.74) is 6.51. The van der Waals surface area contributed by atoms with Crippen molar-refractivity contribution in [1.29, 1.82) is 0 Å². The number of sulfone groups is 1. The molecule has 0 saturated carbocycles. The molecular weight excluding hydrogens is 230 g/mol. The van der Waals surface area contributed by atoms with Gasteiger partial charge in [-0.05, 0) is 19.1 Å². The second-order valence-electron chi connectivity index (χ2n) is 3.35. The lowest BCUT2D eigenvalue weighted by molar-refractivity contribution is 0.319. The van der Waals surface area contributed by atoms with E-state index in [2.05, 4.69) is 0 Å². The molecule has 0 saturated heterocycles. The molecule has 1 aromatic rings. The maximum Gasteiger partial charge on any atom is 0.181 e. The van der Waals surface area contributed by atoms with Crippen LogP contribution in [0.3, 0.4) is 0 Å². The van der Waals surface area contributed by atoms with Crippen LogP contribution in [0.5, 0.6) is 5.75 Å². The summed E-state index contributed by atoms with van der Waals surface area (Å²) in [6.45, 7) is 1.22. The number of nitrogen functional groups attached to an aromatic ring is 1. The van der Waals surface area contributed by atoms with Crippen molar-refractivity contribution < 1.29 is 18.3 Å². The predicted molar refractivity (Wildman–Crippen MR) is 61.3 cm³/mol.